The maximum atomic E-state index is 12.2. The van der Waals surface area contributed by atoms with Crippen LogP contribution < -0.4 is 11.1 Å². The highest BCUT2D eigenvalue weighted by molar-refractivity contribution is 5.83. The SMILES string of the molecule is NC(CC1CCCCC1)C(=O)NCCc1c[nH]c2ccccc12. The molecule has 23 heavy (non-hydrogen) atoms. The zero-order valence-electron chi connectivity index (χ0n) is 13.7. The van der Waals surface area contributed by atoms with E-state index in [2.05, 4.69) is 22.4 Å². The molecule has 1 heterocycles. The van der Waals surface area contributed by atoms with Crippen molar-refractivity contribution in [1.82, 2.24) is 10.3 Å². The van der Waals surface area contributed by atoms with Crippen molar-refractivity contribution in [3.8, 4) is 0 Å². The fraction of sp³-hybridized carbons (Fsp3) is 0.526. The van der Waals surface area contributed by atoms with Gasteiger partial charge in [-0.2, -0.15) is 0 Å². The van der Waals surface area contributed by atoms with Crippen LogP contribution in [0, 0.1) is 5.92 Å². The molecule has 3 rings (SSSR count). The molecule has 2 aromatic rings. The lowest BCUT2D eigenvalue weighted by Crippen LogP contribution is -2.42. The Morgan fingerprint density at radius 2 is 2.04 bits per heavy atom. The van der Waals surface area contributed by atoms with Gasteiger partial charge in [-0.15, -0.1) is 0 Å². The van der Waals surface area contributed by atoms with Gasteiger partial charge >= 0.3 is 0 Å². The molecular formula is C19H27N3O. The van der Waals surface area contributed by atoms with Gasteiger partial charge in [-0.25, -0.2) is 0 Å². The molecule has 1 fully saturated rings. The summed E-state index contributed by atoms with van der Waals surface area (Å²) in [4.78, 5) is 15.4. The molecule has 124 valence electrons. The van der Waals surface area contributed by atoms with Crippen LogP contribution in [0.15, 0.2) is 30.5 Å². The summed E-state index contributed by atoms with van der Waals surface area (Å²) >= 11 is 0. The number of carbonyl (C=O) groups is 1. The van der Waals surface area contributed by atoms with E-state index in [4.69, 9.17) is 5.73 Å². The zero-order valence-corrected chi connectivity index (χ0v) is 13.7. The maximum Gasteiger partial charge on any atom is 0.236 e. The zero-order chi connectivity index (χ0) is 16.1. The maximum absolute atomic E-state index is 12.2. The van der Waals surface area contributed by atoms with Crippen molar-refractivity contribution >= 4 is 16.8 Å². The minimum atomic E-state index is -0.360. The molecule has 0 spiro atoms. The molecule has 0 bridgehead atoms. The number of carbonyl (C=O) groups excluding carboxylic acids is 1. The summed E-state index contributed by atoms with van der Waals surface area (Å²) in [6.45, 7) is 0.638. The molecule has 4 N–H and O–H groups in total. The van der Waals surface area contributed by atoms with Crippen molar-refractivity contribution in [2.24, 2.45) is 11.7 Å². The number of hydrogen-bond acceptors (Lipinski definition) is 2. The fourth-order valence-corrected chi connectivity index (χ4v) is 3.68. The predicted octanol–water partition coefficient (Wildman–Crippen LogP) is 3.12. The number of para-hydroxylation sites is 1. The molecule has 1 saturated carbocycles. The first-order valence-electron chi connectivity index (χ1n) is 8.82. The van der Waals surface area contributed by atoms with Crippen LogP contribution in [0.4, 0.5) is 0 Å². The van der Waals surface area contributed by atoms with E-state index in [1.54, 1.807) is 0 Å². The molecular weight excluding hydrogens is 286 g/mol. The monoisotopic (exact) mass is 313 g/mol. The molecule has 1 aliphatic carbocycles. The van der Waals surface area contributed by atoms with Gasteiger partial charge in [0, 0.05) is 23.6 Å². The van der Waals surface area contributed by atoms with Crippen LogP contribution in [0.1, 0.15) is 44.1 Å². The number of amides is 1. The van der Waals surface area contributed by atoms with Crippen molar-refractivity contribution < 1.29 is 4.79 Å². The molecule has 1 aliphatic rings. The Balaban J connectivity index is 1.45. The van der Waals surface area contributed by atoms with E-state index in [-0.39, 0.29) is 11.9 Å². The molecule has 1 unspecified atom stereocenters. The first-order chi connectivity index (χ1) is 11.2. The Morgan fingerprint density at radius 3 is 2.87 bits per heavy atom. The summed E-state index contributed by atoms with van der Waals surface area (Å²) in [6.07, 6.45) is 10.1. The van der Waals surface area contributed by atoms with Gasteiger partial charge < -0.3 is 16.0 Å². The number of fused-ring (bicyclic) bond motifs is 1. The third kappa shape index (κ3) is 4.14. The highest BCUT2D eigenvalue weighted by atomic mass is 16.2. The second-order valence-electron chi connectivity index (χ2n) is 6.75. The summed E-state index contributed by atoms with van der Waals surface area (Å²) in [5, 5.41) is 4.23. The minimum Gasteiger partial charge on any atom is -0.361 e. The number of benzene rings is 1. The average Bonchev–Trinajstić information content (AvgIpc) is 2.99. The molecule has 0 saturated heterocycles. The number of rotatable bonds is 6. The van der Waals surface area contributed by atoms with Crippen molar-refractivity contribution in [2.45, 2.75) is 51.0 Å². The van der Waals surface area contributed by atoms with E-state index >= 15 is 0 Å². The van der Waals surface area contributed by atoms with Crippen molar-refractivity contribution in [2.75, 3.05) is 6.54 Å². The number of nitrogens with two attached hydrogens (primary N) is 1. The fourth-order valence-electron chi connectivity index (χ4n) is 3.68. The second kappa shape index (κ2) is 7.64. The van der Waals surface area contributed by atoms with Crippen molar-refractivity contribution in [3.63, 3.8) is 0 Å². The van der Waals surface area contributed by atoms with Crippen LogP contribution in [0.5, 0.6) is 0 Å². The predicted molar refractivity (Wildman–Crippen MR) is 94.2 cm³/mol. The van der Waals surface area contributed by atoms with Gasteiger partial charge in [0.2, 0.25) is 5.91 Å². The first kappa shape index (κ1) is 16.1. The Morgan fingerprint density at radius 1 is 1.26 bits per heavy atom. The van der Waals surface area contributed by atoms with Crippen LogP contribution >= 0.6 is 0 Å². The standard InChI is InChI=1S/C19H27N3O/c20-17(12-14-6-2-1-3-7-14)19(23)21-11-10-15-13-22-18-9-5-4-8-16(15)18/h4-5,8-9,13-14,17,22H,1-3,6-7,10-12,20H2,(H,21,23). The Kier molecular flexibility index (Phi) is 5.34. The van der Waals surface area contributed by atoms with E-state index in [0.717, 1.165) is 18.4 Å². The first-order valence-corrected chi connectivity index (χ1v) is 8.82. The van der Waals surface area contributed by atoms with Crippen LogP contribution in [0.2, 0.25) is 0 Å². The summed E-state index contributed by atoms with van der Waals surface area (Å²) < 4.78 is 0. The topological polar surface area (TPSA) is 70.9 Å². The molecule has 1 atom stereocenters. The summed E-state index contributed by atoms with van der Waals surface area (Å²) in [5.74, 6) is 0.633. The van der Waals surface area contributed by atoms with Crippen molar-refractivity contribution in [3.05, 3.63) is 36.0 Å². The highest BCUT2D eigenvalue weighted by Crippen LogP contribution is 2.27. The lowest BCUT2D eigenvalue weighted by molar-refractivity contribution is -0.122. The Bertz CT molecular complexity index is 643. The smallest absolute Gasteiger partial charge is 0.236 e. The molecule has 0 radical (unpaired) electrons. The third-order valence-corrected chi connectivity index (χ3v) is 5.02. The van der Waals surface area contributed by atoms with Crippen LogP contribution in [0.25, 0.3) is 10.9 Å². The number of aromatic nitrogens is 1. The summed E-state index contributed by atoms with van der Waals surface area (Å²) in [6, 6.07) is 7.88. The quantitative estimate of drug-likeness (QED) is 0.767. The van der Waals surface area contributed by atoms with Crippen LogP contribution in [0.3, 0.4) is 0 Å². The van der Waals surface area contributed by atoms with Gasteiger partial charge in [-0.1, -0.05) is 50.3 Å². The molecule has 4 heteroatoms. The summed E-state index contributed by atoms with van der Waals surface area (Å²) in [5.41, 5.74) is 8.46. The van der Waals surface area contributed by atoms with Crippen molar-refractivity contribution in [1.29, 1.82) is 0 Å². The molecule has 1 aromatic heterocycles. The average molecular weight is 313 g/mol. The van der Waals surface area contributed by atoms with E-state index in [1.165, 1.54) is 43.1 Å². The van der Waals surface area contributed by atoms with E-state index < -0.39 is 0 Å². The van der Waals surface area contributed by atoms with Gasteiger partial charge in [0.1, 0.15) is 0 Å². The highest BCUT2D eigenvalue weighted by Gasteiger charge is 2.20. The van der Waals surface area contributed by atoms with Gasteiger partial charge in [0.15, 0.2) is 0 Å². The van der Waals surface area contributed by atoms with Crippen LogP contribution in [-0.2, 0) is 11.2 Å². The largest absolute Gasteiger partial charge is 0.361 e. The number of aromatic amines is 1. The Labute approximate surface area is 137 Å². The molecule has 4 nitrogen and oxygen atoms in total. The summed E-state index contributed by atoms with van der Waals surface area (Å²) in [7, 11) is 0. The third-order valence-electron chi connectivity index (χ3n) is 5.02. The van der Waals surface area contributed by atoms with E-state index in [0.29, 0.717) is 12.5 Å². The lowest BCUT2D eigenvalue weighted by atomic mass is 9.85. The lowest BCUT2D eigenvalue weighted by Gasteiger charge is -2.24. The molecule has 1 aromatic carbocycles. The number of hydrogen-bond donors (Lipinski definition) is 3. The van der Waals surface area contributed by atoms with Gasteiger partial charge in [0.05, 0.1) is 6.04 Å². The van der Waals surface area contributed by atoms with Crippen LogP contribution in [-0.4, -0.2) is 23.5 Å². The number of H-pyrrole nitrogens is 1. The van der Waals surface area contributed by atoms with E-state index in [9.17, 15) is 4.79 Å². The molecule has 0 aliphatic heterocycles. The minimum absolute atomic E-state index is 0.00425. The van der Waals surface area contributed by atoms with Gasteiger partial charge in [0.25, 0.3) is 0 Å². The molecule has 1 amide bonds. The van der Waals surface area contributed by atoms with Gasteiger partial charge in [-0.3, -0.25) is 4.79 Å². The Hall–Kier alpha value is -1.81. The van der Waals surface area contributed by atoms with Gasteiger partial charge in [-0.05, 0) is 30.4 Å². The van der Waals surface area contributed by atoms with E-state index in [1.807, 2.05) is 18.3 Å². The second-order valence-corrected chi connectivity index (χ2v) is 6.75. The normalized spacial score (nSPS) is 17.3. The number of nitrogens with one attached hydrogen (secondary N) is 2.